The molecule has 2 rings (SSSR count). The highest BCUT2D eigenvalue weighted by atomic mass is 19.1. The molecule has 2 atom stereocenters. The van der Waals surface area contributed by atoms with Crippen LogP contribution in [0.15, 0.2) is 48.5 Å². The second-order valence-corrected chi connectivity index (χ2v) is 5.01. The minimum atomic E-state index is -0.614. The molecule has 2 N–H and O–H groups in total. The van der Waals surface area contributed by atoms with E-state index in [4.69, 9.17) is 4.74 Å². The van der Waals surface area contributed by atoms with Gasteiger partial charge in [-0.1, -0.05) is 24.3 Å². The molecule has 112 valence electrons. The standard InChI is InChI=1S/C17H20FNO2/c1-12(19-11-13-3-7-15(18)8-4-13)17(20)14-5-9-16(21-2)10-6-14/h3-10,12,17,19-20H,11H2,1-2H3. The second kappa shape index (κ2) is 7.20. The Morgan fingerprint density at radius 3 is 2.29 bits per heavy atom. The first-order valence-electron chi connectivity index (χ1n) is 6.90. The molecular formula is C17H20FNO2. The van der Waals surface area contributed by atoms with Gasteiger partial charge in [0.15, 0.2) is 0 Å². The van der Waals surface area contributed by atoms with Crippen molar-refractivity contribution < 1.29 is 14.2 Å². The van der Waals surface area contributed by atoms with Gasteiger partial charge in [-0.3, -0.25) is 0 Å². The molecule has 0 aliphatic heterocycles. The normalized spacial score (nSPS) is 13.7. The zero-order valence-electron chi connectivity index (χ0n) is 12.2. The molecule has 0 fully saturated rings. The summed E-state index contributed by atoms with van der Waals surface area (Å²) in [5, 5.41) is 13.6. The van der Waals surface area contributed by atoms with Crippen molar-refractivity contribution >= 4 is 0 Å². The third-order valence-electron chi connectivity index (χ3n) is 3.47. The summed E-state index contributed by atoms with van der Waals surface area (Å²) >= 11 is 0. The minimum absolute atomic E-state index is 0.122. The predicted molar refractivity (Wildman–Crippen MR) is 80.7 cm³/mol. The van der Waals surface area contributed by atoms with Gasteiger partial charge in [-0.05, 0) is 42.3 Å². The summed E-state index contributed by atoms with van der Waals surface area (Å²) in [5.74, 6) is 0.517. The number of nitrogens with one attached hydrogen (secondary N) is 1. The highest BCUT2D eigenvalue weighted by Gasteiger charge is 2.15. The lowest BCUT2D eigenvalue weighted by atomic mass is 10.0. The number of benzene rings is 2. The summed E-state index contributed by atoms with van der Waals surface area (Å²) in [7, 11) is 1.61. The Labute approximate surface area is 124 Å². The molecule has 0 saturated heterocycles. The van der Waals surface area contributed by atoms with E-state index in [1.807, 2.05) is 31.2 Å². The Bertz CT molecular complexity index is 554. The molecule has 4 heteroatoms. The van der Waals surface area contributed by atoms with Crippen LogP contribution in [-0.2, 0) is 6.54 Å². The lowest BCUT2D eigenvalue weighted by Crippen LogP contribution is -2.31. The van der Waals surface area contributed by atoms with Gasteiger partial charge in [0.05, 0.1) is 13.2 Å². The van der Waals surface area contributed by atoms with Gasteiger partial charge in [0.1, 0.15) is 11.6 Å². The van der Waals surface area contributed by atoms with E-state index >= 15 is 0 Å². The van der Waals surface area contributed by atoms with Crippen LogP contribution in [0.1, 0.15) is 24.2 Å². The van der Waals surface area contributed by atoms with Crippen LogP contribution >= 0.6 is 0 Å². The molecule has 0 aliphatic carbocycles. The molecule has 2 aromatic rings. The van der Waals surface area contributed by atoms with Gasteiger partial charge in [-0.2, -0.15) is 0 Å². The molecule has 0 bridgehead atoms. The smallest absolute Gasteiger partial charge is 0.123 e. The molecule has 0 saturated carbocycles. The highest BCUT2D eigenvalue weighted by Crippen LogP contribution is 2.20. The minimum Gasteiger partial charge on any atom is -0.497 e. The van der Waals surface area contributed by atoms with Gasteiger partial charge in [-0.25, -0.2) is 4.39 Å². The van der Waals surface area contributed by atoms with Crippen LogP contribution in [0.4, 0.5) is 4.39 Å². The van der Waals surface area contributed by atoms with Gasteiger partial charge in [0.25, 0.3) is 0 Å². The van der Waals surface area contributed by atoms with Crippen molar-refractivity contribution in [2.45, 2.75) is 25.6 Å². The Kier molecular flexibility index (Phi) is 5.31. The summed E-state index contributed by atoms with van der Waals surface area (Å²) in [6.07, 6.45) is -0.614. The Balaban J connectivity index is 1.92. The Morgan fingerprint density at radius 2 is 1.71 bits per heavy atom. The maximum atomic E-state index is 12.8. The van der Waals surface area contributed by atoms with Gasteiger partial charge < -0.3 is 15.2 Å². The van der Waals surface area contributed by atoms with E-state index in [2.05, 4.69) is 5.32 Å². The fourth-order valence-electron chi connectivity index (χ4n) is 2.08. The average Bonchev–Trinajstić information content (AvgIpc) is 2.53. The number of hydrogen-bond acceptors (Lipinski definition) is 3. The molecular weight excluding hydrogens is 269 g/mol. The third kappa shape index (κ3) is 4.28. The van der Waals surface area contributed by atoms with E-state index in [1.165, 1.54) is 12.1 Å². The maximum absolute atomic E-state index is 12.8. The summed E-state index contributed by atoms with van der Waals surface area (Å²) < 4.78 is 17.9. The van der Waals surface area contributed by atoms with Crippen LogP contribution in [0.2, 0.25) is 0 Å². The van der Waals surface area contributed by atoms with Crippen LogP contribution in [0.25, 0.3) is 0 Å². The molecule has 0 aliphatic rings. The number of rotatable bonds is 6. The van der Waals surface area contributed by atoms with E-state index in [9.17, 15) is 9.50 Å². The zero-order valence-corrected chi connectivity index (χ0v) is 12.2. The second-order valence-electron chi connectivity index (χ2n) is 5.01. The van der Waals surface area contributed by atoms with Gasteiger partial charge in [0.2, 0.25) is 0 Å². The number of methoxy groups -OCH3 is 1. The predicted octanol–water partition coefficient (Wildman–Crippen LogP) is 3.05. The van der Waals surface area contributed by atoms with Crippen molar-refractivity contribution in [1.29, 1.82) is 0 Å². The summed E-state index contributed by atoms with van der Waals surface area (Å²) in [6.45, 7) is 2.49. The van der Waals surface area contributed by atoms with E-state index in [0.717, 1.165) is 16.9 Å². The molecule has 2 unspecified atom stereocenters. The maximum Gasteiger partial charge on any atom is 0.123 e. The molecule has 3 nitrogen and oxygen atoms in total. The topological polar surface area (TPSA) is 41.5 Å². The first kappa shape index (κ1) is 15.5. The zero-order chi connectivity index (χ0) is 15.2. The molecule has 0 radical (unpaired) electrons. The number of aliphatic hydroxyl groups excluding tert-OH is 1. The first-order valence-corrected chi connectivity index (χ1v) is 6.90. The van der Waals surface area contributed by atoms with Crippen LogP contribution in [0, 0.1) is 5.82 Å². The van der Waals surface area contributed by atoms with E-state index in [-0.39, 0.29) is 11.9 Å². The van der Waals surface area contributed by atoms with Crippen LogP contribution in [-0.4, -0.2) is 18.3 Å². The molecule has 0 spiro atoms. The SMILES string of the molecule is COc1ccc(C(O)C(C)NCc2ccc(F)cc2)cc1. The van der Waals surface area contributed by atoms with Crippen molar-refractivity contribution in [3.63, 3.8) is 0 Å². The molecule has 21 heavy (non-hydrogen) atoms. The molecule has 2 aromatic carbocycles. The quantitative estimate of drug-likeness (QED) is 0.859. The fourth-order valence-corrected chi connectivity index (χ4v) is 2.08. The van der Waals surface area contributed by atoms with E-state index in [1.54, 1.807) is 19.2 Å². The largest absolute Gasteiger partial charge is 0.497 e. The Morgan fingerprint density at radius 1 is 1.10 bits per heavy atom. The number of aliphatic hydroxyl groups is 1. The lowest BCUT2D eigenvalue weighted by Gasteiger charge is -2.21. The first-order chi connectivity index (χ1) is 10.1. The third-order valence-corrected chi connectivity index (χ3v) is 3.47. The van der Waals surface area contributed by atoms with Crippen LogP contribution in [0.5, 0.6) is 5.75 Å². The number of halogens is 1. The fraction of sp³-hybridized carbons (Fsp3) is 0.294. The Hall–Kier alpha value is -1.91. The number of ether oxygens (including phenoxy) is 1. The summed E-state index contributed by atoms with van der Waals surface area (Å²) in [5.41, 5.74) is 1.81. The van der Waals surface area contributed by atoms with Gasteiger partial charge in [0, 0.05) is 12.6 Å². The monoisotopic (exact) mass is 289 g/mol. The number of hydrogen-bond donors (Lipinski definition) is 2. The van der Waals surface area contributed by atoms with Crippen molar-refractivity contribution in [1.82, 2.24) is 5.32 Å². The van der Waals surface area contributed by atoms with E-state index < -0.39 is 6.10 Å². The van der Waals surface area contributed by atoms with Crippen molar-refractivity contribution in [2.24, 2.45) is 0 Å². The summed E-state index contributed by atoms with van der Waals surface area (Å²) in [4.78, 5) is 0. The van der Waals surface area contributed by atoms with Crippen molar-refractivity contribution in [2.75, 3.05) is 7.11 Å². The molecule has 0 heterocycles. The van der Waals surface area contributed by atoms with Crippen LogP contribution < -0.4 is 10.1 Å². The van der Waals surface area contributed by atoms with Crippen molar-refractivity contribution in [3.8, 4) is 5.75 Å². The summed E-state index contributed by atoms with van der Waals surface area (Å²) in [6, 6.07) is 13.5. The average molecular weight is 289 g/mol. The van der Waals surface area contributed by atoms with Gasteiger partial charge >= 0.3 is 0 Å². The van der Waals surface area contributed by atoms with Crippen molar-refractivity contribution in [3.05, 3.63) is 65.5 Å². The lowest BCUT2D eigenvalue weighted by molar-refractivity contribution is 0.135. The highest BCUT2D eigenvalue weighted by molar-refractivity contribution is 5.29. The van der Waals surface area contributed by atoms with Crippen LogP contribution in [0.3, 0.4) is 0 Å². The van der Waals surface area contributed by atoms with Gasteiger partial charge in [-0.15, -0.1) is 0 Å². The van der Waals surface area contributed by atoms with E-state index in [0.29, 0.717) is 6.54 Å². The molecule has 0 aromatic heterocycles. The molecule has 0 amide bonds.